The minimum absolute atomic E-state index is 0.0949. The van der Waals surface area contributed by atoms with Gasteiger partial charge in [-0.25, -0.2) is 0 Å². The van der Waals surface area contributed by atoms with E-state index in [9.17, 15) is 0 Å². The van der Waals surface area contributed by atoms with E-state index in [0.29, 0.717) is 17.5 Å². The van der Waals surface area contributed by atoms with Gasteiger partial charge in [0.15, 0.2) is 0 Å². The van der Waals surface area contributed by atoms with Crippen LogP contribution in [0, 0.1) is 5.41 Å². The maximum absolute atomic E-state index is 6.37. The summed E-state index contributed by atoms with van der Waals surface area (Å²) in [6.45, 7) is 7.72. The van der Waals surface area contributed by atoms with Gasteiger partial charge in [0.05, 0.1) is 12.6 Å². The standard InChI is InChI=1S/C17H20ClN3O/c1-17(2,3)14-10-21-13(9-19-14)15(18)16(20-21)22-11-12-7-5-4-6-8-12/h4-9,14H,10-11H2,1-3H3/t14-/m0/s1. The van der Waals surface area contributed by atoms with Gasteiger partial charge >= 0.3 is 0 Å². The molecule has 0 saturated carbocycles. The molecule has 2 heterocycles. The smallest absolute Gasteiger partial charge is 0.252 e. The molecule has 0 unspecified atom stereocenters. The van der Waals surface area contributed by atoms with Gasteiger partial charge in [-0.15, -0.1) is 5.10 Å². The predicted molar refractivity (Wildman–Crippen MR) is 88.8 cm³/mol. The molecule has 116 valence electrons. The topological polar surface area (TPSA) is 39.4 Å². The van der Waals surface area contributed by atoms with E-state index in [4.69, 9.17) is 16.3 Å². The van der Waals surface area contributed by atoms with Gasteiger partial charge in [-0.2, -0.15) is 0 Å². The Hall–Kier alpha value is -1.81. The molecule has 0 bridgehead atoms. The van der Waals surface area contributed by atoms with Crippen molar-refractivity contribution in [3.05, 3.63) is 46.6 Å². The Labute approximate surface area is 135 Å². The summed E-state index contributed by atoms with van der Waals surface area (Å²) < 4.78 is 7.67. The van der Waals surface area contributed by atoms with Gasteiger partial charge in [-0.05, 0) is 11.0 Å². The number of fused-ring (bicyclic) bond motifs is 1. The summed E-state index contributed by atoms with van der Waals surface area (Å²) in [6, 6.07) is 10.2. The van der Waals surface area contributed by atoms with Crippen LogP contribution in [0.25, 0.3) is 0 Å². The average molecular weight is 318 g/mol. The molecule has 0 saturated heterocycles. The van der Waals surface area contributed by atoms with E-state index in [1.54, 1.807) is 0 Å². The summed E-state index contributed by atoms with van der Waals surface area (Å²) >= 11 is 6.37. The zero-order valence-electron chi connectivity index (χ0n) is 13.1. The molecule has 3 rings (SSSR count). The summed E-state index contributed by atoms with van der Waals surface area (Å²) in [7, 11) is 0. The lowest BCUT2D eigenvalue weighted by atomic mass is 9.86. The molecule has 5 heteroatoms. The average Bonchev–Trinajstić information content (AvgIpc) is 2.81. The highest BCUT2D eigenvalue weighted by Crippen LogP contribution is 2.32. The van der Waals surface area contributed by atoms with Crippen LogP contribution >= 0.6 is 11.6 Å². The molecule has 0 fully saturated rings. The number of benzene rings is 1. The molecule has 1 aromatic carbocycles. The monoisotopic (exact) mass is 317 g/mol. The number of nitrogens with zero attached hydrogens (tertiary/aromatic N) is 3. The van der Waals surface area contributed by atoms with Crippen LogP contribution in [0.3, 0.4) is 0 Å². The molecule has 1 aromatic heterocycles. The minimum Gasteiger partial charge on any atom is -0.471 e. The van der Waals surface area contributed by atoms with Crippen molar-refractivity contribution in [2.45, 2.75) is 40.0 Å². The number of hydrogen-bond donors (Lipinski definition) is 0. The van der Waals surface area contributed by atoms with Crippen molar-refractivity contribution in [3.8, 4) is 5.88 Å². The van der Waals surface area contributed by atoms with E-state index in [1.807, 2.05) is 41.2 Å². The van der Waals surface area contributed by atoms with Crippen LogP contribution in [0.15, 0.2) is 35.3 Å². The largest absolute Gasteiger partial charge is 0.471 e. The van der Waals surface area contributed by atoms with E-state index in [1.165, 1.54) is 0 Å². The Morgan fingerprint density at radius 2 is 2.00 bits per heavy atom. The predicted octanol–water partition coefficient (Wildman–Crippen LogP) is 3.96. The third kappa shape index (κ3) is 3.02. The third-order valence-electron chi connectivity index (χ3n) is 3.84. The van der Waals surface area contributed by atoms with Crippen molar-refractivity contribution in [1.29, 1.82) is 0 Å². The summed E-state index contributed by atoms with van der Waals surface area (Å²) in [4.78, 5) is 4.61. The molecule has 1 aliphatic heterocycles. The second-order valence-corrected chi connectivity index (χ2v) is 7.00. The fourth-order valence-corrected chi connectivity index (χ4v) is 2.62. The van der Waals surface area contributed by atoms with Crippen LogP contribution < -0.4 is 4.74 Å². The van der Waals surface area contributed by atoms with Gasteiger partial charge in [-0.1, -0.05) is 62.7 Å². The Morgan fingerprint density at radius 3 is 2.68 bits per heavy atom. The van der Waals surface area contributed by atoms with Crippen LogP contribution in [0.4, 0.5) is 0 Å². The summed E-state index contributed by atoms with van der Waals surface area (Å²) in [6.07, 6.45) is 1.81. The van der Waals surface area contributed by atoms with Crippen LogP contribution in [0.5, 0.6) is 5.88 Å². The highest BCUT2D eigenvalue weighted by Gasteiger charge is 2.29. The number of rotatable bonds is 3. The highest BCUT2D eigenvalue weighted by atomic mass is 35.5. The van der Waals surface area contributed by atoms with E-state index < -0.39 is 0 Å². The molecule has 0 aliphatic carbocycles. The third-order valence-corrected chi connectivity index (χ3v) is 4.20. The van der Waals surface area contributed by atoms with Crippen LogP contribution in [0.1, 0.15) is 32.0 Å². The molecule has 22 heavy (non-hydrogen) atoms. The molecule has 0 spiro atoms. The highest BCUT2D eigenvalue weighted by molar-refractivity contribution is 6.34. The number of aliphatic imine (C=N–C) groups is 1. The van der Waals surface area contributed by atoms with Gasteiger partial charge in [0.25, 0.3) is 5.88 Å². The lowest BCUT2D eigenvalue weighted by Gasteiger charge is -2.29. The zero-order valence-corrected chi connectivity index (χ0v) is 13.8. The normalized spacial score (nSPS) is 17.4. The molecule has 4 nitrogen and oxygen atoms in total. The lowest BCUT2D eigenvalue weighted by Crippen LogP contribution is -2.33. The fraction of sp³-hybridized carbons (Fsp3) is 0.412. The van der Waals surface area contributed by atoms with Crippen molar-refractivity contribution in [1.82, 2.24) is 9.78 Å². The SMILES string of the molecule is CC(C)(C)[C@@H]1Cn2nc(OCc3ccccc3)c(Cl)c2C=N1. The first-order valence-electron chi connectivity index (χ1n) is 7.41. The van der Waals surface area contributed by atoms with Gasteiger partial charge in [0, 0.05) is 6.21 Å². The maximum atomic E-state index is 6.37. The van der Waals surface area contributed by atoms with Crippen molar-refractivity contribution in [2.75, 3.05) is 0 Å². The van der Waals surface area contributed by atoms with E-state index >= 15 is 0 Å². The zero-order chi connectivity index (χ0) is 15.7. The van der Waals surface area contributed by atoms with Crippen LogP contribution in [0.2, 0.25) is 5.02 Å². The van der Waals surface area contributed by atoms with E-state index in [-0.39, 0.29) is 11.5 Å². The van der Waals surface area contributed by atoms with E-state index in [2.05, 4.69) is 30.9 Å². The molecule has 0 amide bonds. The van der Waals surface area contributed by atoms with Crippen molar-refractivity contribution in [3.63, 3.8) is 0 Å². The van der Waals surface area contributed by atoms with Crippen molar-refractivity contribution < 1.29 is 4.74 Å². The number of ether oxygens (including phenoxy) is 1. The first-order valence-corrected chi connectivity index (χ1v) is 7.79. The first kappa shape index (κ1) is 15.1. The van der Waals surface area contributed by atoms with Crippen LogP contribution in [-0.2, 0) is 13.2 Å². The summed E-state index contributed by atoms with van der Waals surface area (Å²) in [5, 5.41) is 5.03. The van der Waals surface area contributed by atoms with Gasteiger partial charge in [-0.3, -0.25) is 9.67 Å². The number of hydrogen-bond acceptors (Lipinski definition) is 3. The van der Waals surface area contributed by atoms with Gasteiger partial charge in [0.2, 0.25) is 0 Å². The summed E-state index contributed by atoms with van der Waals surface area (Å²) in [5.41, 5.74) is 2.01. The fourth-order valence-electron chi connectivity index (χ4n) is 2.38. The number of halogens is 1. The Kier molecular flexibility index (Phi) is 3.96. The molecule has 1 atom stereocenters. The molecule has 0 radical (unpaired) electrons. The van der Waals surface area contributed by atoms with Crippen LogP contribution in [-0.4, -0.2) is 22.0 Å². The minimum atomic E-state index is 0.0949. The second kappa shape index (κ2) is 5.76. The maximum Gasteiger partial charge on any atom is 0.252 e. The van der Waals surface area contributed by atoms with Crippen molar-refractivity contribution in [2.24, 2.45) is 10.4 Å². The summed E-state index contributed by atoms with van der Waals surface area (Å²) in [5.74, 6) is 0.474. The molecular formula is C17H20ClN3O. The Bertz CT molecular complexity index is 686. The van der Waals surface area contributed by atoms with Gasteiger partial charge < -0.3 is 4.74 Å². The Morgan fingerprint density at radius 1 is 1.27 bits per heavy atom. The van der Waals surface area contributed by atoms with E-state index in [0.717, 1.165) is 17.8 Å². The molecule has 1 aliphatic rings. The molecule has 2 aromatic rings. The molecule has 0 N–H and O–H groups in total. The van der Waals surface area contributed by atoms with Gasteiger partial charge in [0.1, 0.15) is 17.3 Å². The second-order valence-electron chi connectivity index (χ2n) is 6.62. The number of aromatic nitrogens is 2. The quantitative estimate of drug-likeness (QED) is 0.859. The molecular weight excluding hydrogens is 298 g/mol. The Balaban J connectivity index is 1.77. The van der Waals surface area contributed by atoms with Crippen molar-refractivity contribution >= 4 is 17.8 Å². The lowest BCUT2D eigenvalue weighted by molar-refractivity contribution is 0.267. The first-order chi connectivity index (χ1) is 10.4.